The molecule has 1 rings (SSSR count). The fourth-order valence-corrected chi connectivity index (χ4v) is 4.65. The summed E-state index contributed by atoms with van der Waals surface area (Å²) in [5, 5.41) is 0. The molecule has 0 aliphatic heterocycles. The van der Waals surface area contributed by atoms with Gasteiger partial charge in [0.05, 0.1) is 0 Å². The third kappa shape index (κ3) is 3.44. The average Bonchev–Trinajstić information content (AvgIpc) is 2.76. The summed E-state index contributed by atoms with van der Waals surface area (Å²) in [6, 6.07) is 3.52. The highest BCUT2D eigenvalue weighted by molar-refractivity contribution is 7.91. The van der Waals surface area contributed by atoms with Crippen LogP contribution in [-0.4, -0.2) is 31.7 Å². The zero-order valence-electron chi connectivity index (χ0n) is 10.3. The molecule has 0 saturated carbocycles. The van der Waals surface area contributed by atoms with Crippen molar-refractivity contribution < 1.29 is 8.42 Å². The normalized spacial score (nSPS) is 14.2. The van der Waals surface area contributed by atoms with Crippen molar-refractivity contribution in [1.29, 1.82) is 0 Å². The van der Waals surface area contributed by atoms with E-state index >= 15 is 0 Å². The van der Waals surface area contributed by atoms with Gasteiger partial charge in [0.15, 0.2) is 0 Å². The maximum Gasteiger partial charge on any atom is 0.252 e. The second kappa shape index (κ2) is 6.18. The summed E-state index contributed by atoms with van der Waals surface area (Å²) < 4.78 is 26.3. The Morgan fingerprint density at radius 1 is 1.47 bits per heavy atom. The zero-order valence-corrected chi connectivity index (χ0v) is 12.7. The minimum Gasteiger partial charge on any atom is -0.206 e. The van der Waals surface area contributed by atoms with Crippen LogP contribution in [0.15, 0.2) is 16.3 Å². The van der Waals surface area contributed by atoms with Crippen LogP contribution in [0.5, 0.6) is 0 Å². The molecule has 3 nitrogen and oxygen atoms in total. The highest BCUT2D eigenvalue weighted by Gasteiger charge is 2.25. The number of hydrogen-bond donors (Lipinski definition) is 0. The summed E-state index contributed by atoms with van der Waals surface area (Å²) in [4.78, 5) is 1.01. The number of alkyl halides is 1. The molecule has 1 aromatic heterocycles. The van der Waals surface area contributed by atoms with Gasteiger partial charge in [-0.3, -0.25) is 0 Å². The molecule has 1 aromatic rings. The maximum atomic E-state index is 12.3. The maximum absolute atomic E-state index is 12.3. The van der Waals surface area contributed by atoms with Gasteiger partial charge < -0.3 is 0 Å². The van der Waals surface area contributed by atoms with Crippen LogP contribution < -0.4 is 0 Å². The molecule has 0 fully saturated rings. The number of rotatable bonds is 6. The van der Waals surface area contributed by atoms with E-state index < -0.39 is 10.0 Å². The SMILES string of the molecule is CCC(C)N(C)S(=O)(=O)c1ccc(CCCl)s1. The molecule has 1 atom stereocenters. The van der Waals surface area contributed by atoms with Crippen molar-refractivity contribution in [2.24, 2.45) is 0 Å². The third-order valence-electron chi connectivity index (χ3n) is 2.82. The first-order chi connectivity index (χ1) is 7.93. The fourth-order valence-electron chi connectivity index (χ4n) is 1.36. The lowest BCUT2D eigenvalue weighted by Crippen LogP contribution is -2.34. The number of sulfonamides is 1. The van der Waals surface area contributed by atoms with E-state index in [1.165, 1.54) is 15.6 Å². The molecule has 1 unspecified atom stereocenters. The van der Waals surface area contributed by atoms with Crippen LogP contribution in [-0.2, 0) is 16.4 Å². The predicted octanol–water partition coefficient (Wildman–Crippen LogP) is 2.95. The zero-order chi connectivity index (χ0) is 13.1. The Morgan fingerprint density at radius 3 is 2.65 bits per heavy atom. The molecule has 0 bridgehead atoms. The smallest absolute Gasteiger partial charge is 0.206 e. The van der Waals surface area contributed by atoms with Crippen LogP contribution in [0.1, 0.15) is 25.1 Å². The number of aryl methyl sites for hydroxylation is 1. The van der Waals surface area contributed by atoms with Gasteiger partial charge in [-0.1, -0.05) is 6.92 Å². The minimum atomic E-state index is -3.34. The van der Waals surface area contributed by atoms with Crippen LogP contribution in [0.4, 0.5) is 0 Å². The molecule has 0 aliphatic carbocycles. The molecule has 17 heavy (non-hydrogen) atoms. The summed E-state index contributed by atoms with van der Waals surface area (Å²) in [5.41, 5.74) is 0. The molecule has 0 saturated heterocycles. The molecular weight excluding hydrogens is 278 g/mol. The van der Waals surface area contributed by atoms with E-state index in [0.29, 0.717) is 10.1 Å². The molecule has 0 N–H and O–H groups in total. The van der Waals surface area contributed by atoms with Gasteiger partial charge in [0.2, 0.25) is 0 Å². The lowest BCUT2D eigenvalue weighted by atomic mass is 10.3. The topological polar surface area (TPSA) is 37.4 Å². The van der Waals surface area contributed by atoms with E-state index in [9.17, 15) is 8.42 Å². The van der Waals surface area contributed by atoms with E-state index in [0.717, 1.165) is 17.7 Å². The Labute approximate surface area is 112 Å². The van der Waals surface area contributed by atoms with Crippen LogP contribution >= 0.6 is 22.9 Å². The van der Waals surface area contributed by atoms with E-state index in [2.05, 4.69) is 0 Å². The molecule has 0 aromatic carbocycles. The Morgan fingerprint density at radius 2 is 2.12 bits per heavy atom. The number of hydrogen-bond acceptors (Lipinski definition) is 3. The lowest BCUT2D eigenvalue weighted by Gasteiger charge is -2.22. The molecule has 98 valence electrons. The van der Waals surface area contributed by atoms with Crippen LogP contribution in [0, 0.1) is 0 Å². The average molecular weight is 296 g/mol. The Kier molecular flexibility index (Phi) is 5.44. The largest absolute Gasteiger partial charge is 0.252 e. The summed E-state index contributed by atoms with van der Waals surface area (Å²) >= 11 is 6.95. The van der Waals surface area contributed by atoms with Crippen LogP contribution in [0.25, 0.3) is 0 Å². The Hall–Kier alpha value is -0.100. The van der Waals surface area contributed by atoms with Crippen molar-refractivity contribution in [1.82, 2.24) is 4.31 Å². The van der Waals surface area contributed by atoms with Crippen molar-refractivity contribution in [3.05, 3.63) is 17.0 Å². The van der Waals surface area contributed by atoms with E-state index in [1.807, 2.05) is 19.9 Å². The molecule has 0 amide bonds. The van der Waals surface area contributed by atoms with Gasteiger partial charge in [-0.05, 0) is 31.9 Å². The Balaban J connectivity index is 2.96. The second-order valence-electron chi connectivity index (χ2n) is 3.94. The van der Waals surface area contributed by atoms with Crippen molar-refractivity contribution in [2.45, 2.75) is 36.9 Å². The first-order valence-electron chi connectivity index (χ1n) is 5.56. The number of nitrogens with zero attached hydrogens (tertiary/aromatic N) is 1. The first kappa shape index (κ1) is 15.0. The van der Waals surface area contributed by atoms with Crippen LogP contribution in [0.2, 0.25) is 0 Å². The van der Waals surface area contributed by atoms with Gasteiger partial charge >= 0.3 is 0 Å². The van der Waals surface area contributed by atoms with Crippen molar-refractivity contribution >= 4 is 33.0 Å². The van der Waals surface area contributed by atoms with Gasteiger partial charge in [0.1, 0.15) is 4.21 Å². The van der Waals surface area contributed by atoms with Crippen molar-refractivity contribution in [2.75, 3.05) is 12.9 Å². The fraction of sp³-hybridized carbons (Fsp3) is 0.636. The van der Waals surface area contributed by atoms with Crippen molar-refractivity contribution in [3.8, 4) is 0 Å². The van der Waals surface area contributed by atoms with Gasteiger partial charge in [-0.15, -0.1) is 22.9 Å². The van der Waals surface area contributed by atoms with E-state index in [4.69, 9.17) is 11.6 Å². The molecule has 6 heteroatoms. The first-order valence-corrected chi connectivity index (χ1v) is 8.35. The monoisotopic (exact) mass is 295 g/mol. The summed E-state index contributed by atoms with van der Waals surface area (Å²) in [6.45, 7) is 3.88. The second-order valence-corrected chi connectivity index (χ2v) is 7.71. The molecule has 0 spiro atoms. The predicted molar refractivity (Wildman–Crippen MR) is 73.4 cm³/mol. The highest BCUT2D eigenvalue weighted by atomic mass is 35.5. The molecular formula is C11H18ClNO2S2. The molecule has 0 radical (unpaired) electrons. The summed E-state index contributed by atoms with van der Waals surface area (Å²) in [6.07, 6.45) is 1.52. The Bertz CT molecular complexity index is 456. The quantitative estimate of drug-likeness (QED) is 0.757. The van der Waals surface area contributed by atoms with Gasteiger partial charge in [0.25, 0.3) is 10.0 Å². The third-order valence-corrected chi connectivity index (χ3v) is 6.60. The van der Waals surface area contributed by atoms with Crippen LogP contribution in [0.3, 0.4) is 0 Å². The number of thiophene rings is 1. The number of halogens is 1. The van der Waals surface area contributed by atoms with E-state index in [-0.39, 0.29) is 6.04 Å². The summed E-state index contributed by atoms with van der Waals surface area (Å²) in [5.74, 6) is 0.515. The van der Waals surface area contributed by atoms with Gasteiger partial charge in [0, 0.05) is 23.8 Å². The molecule has 0 aliphatic rings. The minimum absolute atomic E-state index is 0.0126. The highest BCUT2D eigenvalue weighted by Crippen LogP contribution is 2.26. The standard InChI is InChI=1S/C11H18ClNO2S2/c1-4-9(2)13(3)17(14,15)11-6-5-10(16-11)7-8-12/h5-6,9H,4,7-8H2,1-3H3. The van der Waals surface area contributed by atoms with Crippen molar-refractivity contribution in [3.63, 3.8) is 0 Å². The molecule has 1 heterocycles. The summed E-state index contributed by atoms with van der Waals surface area (Å²) in [7, 11) is -1.71. The van der Waals surface area contributed by atoms with E-state index in [1.54, 1.807) is 13.1 Å². The van der Waals surface area contributed by atoms with Gasteiger partial charge in [-0.25, -0.2) is 8.42 Å². The lowest BCUT2D eigenvalue weighted by molar-refractivity contribution is 0.381. The van der Waals surface area contributed by atoms with Gasteiger partial charge in [-0.2, -0.15) is 4.31 Å².